The SMILES string of the molecule is CC[C@@]1(O)C(=O)OCc2c1cc1n(c2=O)Cc2c-1nc1ccc3ncc(N)cc3c1c2C. The summed E-state index contributed by atoms with van der Waals surface area (Å²) in [7, 11) is 0. The molecule has 0 saturated heterocycles. The zero-order valence-electron chi connectivity index (χ0n) is 17.6. The van der Waals surface area contributed by atoms with Gasteiger partial charge in [-0.05, 0) is 43.2 Å². The summed E-state index contributed by atoms with van der Waals surface area (Å²) < 4.78 is 6.78. The fourth-order valence-corrected chi connectivity index (χ4v) is 5.02. The van der Waals surface area contributed by atoms with Crippen LogP contribution in [0.5, 0.6) is 0 Å². The minimum atomic E-state index is -1.84. The highest BCUT2D eigenvalue weighted by Gasteiger charge is 2.45. The van der Waals surface area contributed by atoms with Gasteiger partial charge in [0.05, 0.1) is 46.4 Å². The number of aliphatic hydroxyl groups is 1. The molecule has 0 spiro atoms. The second-order valence-electron chi connectivity index (χ2n) is 8.46. The van der Waals surface area contributed by atoms with Crippen LogP contribution in [-0.2, 0) is 28.3 Å². The number of nitrogens with zero attached hydrogens (tertiary/aromatic N) is 3. The minimum Gasteiger partial charge on any atom is -0.458 e. The second kappa shape index (κ2) is 6.14. The van der Waals surface area contributed by atoms with E-state index in [1.807, 2.05) is 25.1 Å². The van der Waals surface area contributed by atoms with Crippen LogP contribution < -0.4 is 11.3 Å². The Kier molecular flexibility index (Phi) is 3.63. The van der Waals surface area contributed by atoms with Crippen molar-refractivity contribution in [2.45, 2.75) is 39.0 Å². The summed E-state index contributed by atoms with van der Waals surface area (Å²) in [6.45, 7) is 3.92. The lowest BCUT2D eigenvalue weighted by Crippen LogP contribution is -2.44. The van der Waals surface area contributed by atoms with Crippen LogP contribution in [0, 0.1) is 6.92 Å². The Hall–Kier alpha value is -3.78. The van der Waals surface area contributed by atoms with E-state index < -0.39 is 11.6 Å². The van der Waals surface area contributed by atoms with Gasteiger partial charge in [0, 0.05) is 21.9 Å². The molecule has 0 fully saturated rings. The molecule has 8 heteroatoms. The summed E-state index contributed by atoms with van der Waals surface area (Å²) in [5.74, 6) is -0.728. The molecule has 6 rings (SSSR count). The highest BCUT2D eigenvalue weighted by Crippen LogP contribution is 2.41. The molecule has 4 aromatic rings. The number of fused-ring (bicyclic) bond motifs is 7. The number of nitrogens with two attached hydrogens (primary N) is 1. The van der Waals surface area contributed by atoms with E-state index in [0.29, 0.717) is 34.7 Å². The minimum absolute atomic E-state index is 0.110. The third-order valence-corrected chi connectivity index (χ3v) is 6.81. The number of carbonyl (C=O) groups is 1. The zero-order chi connectivity index (χ0) is 22.4. The topological polar surface area (TPSA) is 120 Å². The monoisotopic (exact) mass is 428 g/mol. The average molecular weight is 428 g/mol. The number of rotatable bonds is 1. The van der Waals surface area contributed by atoms with E-state index in [2.05, 4.69) is 4.98 Å². The molecule has 0 unspecified atom stereocenters. The van der Waals surface area contributed by atoms with E-state index in [4.69, 9.17) is 15.5 Å². The summed E-state index contributed by atoms with van der Waals surface area (Å²) in [5.41, 5.74) is 9.89. The van der Waals surface area contributed by atoms with Crippen LogP contribution in [0.3, 0.4) is 0 Å². The Labute approximate surface area is 182 Å². The fourth-order valence-electron chi connectivity index (χ4n) is 5.02. The lowest BCUT2D eigenvalue weighted by atomic mass is 9.86. The van der Waals surface area contributed by atoms with Crippen molar-refractivity contribution in [2.24, 2.45) is 0 Å². The molecular formula is C24H20N4O4. The predicted molar refractivity (Wildman–Crippen MR) is 119 cm³/mol. The molecule has 160 valence electrons. The van der Waals surface area contributed by atoms with E-state index in [9.17, 15) is 14.7 Å². The summed E-state index contributed by atoms with van der Waals surface area (Å²) in [4.78, 5) is 35.0. The van der Waals surface area contributed by atoms with E-state index in [0.717, 1.165) is 32.9 Å². The highest BCUT2D eigenvalue weighted by molar-refractivity contribution is 6.08. The summed E-state index contributed by atoms with van der Waals surface area (Å²) >= 11 is 0. The number of hydrogen-bond donors (Lipinski definition) is 2. The number of carbonyl (C=O) groups excluding carboxylic acids is 1. The molecule has 5 heterocycles. The van der Waals surface area contributed by atoms with Crippen molar-refractivity contribution in [1.82, 2.24) is 14.5 Å². The van der Waals surface area contributed by atoms with Gasteiger partial charge in [0.15, 0.2) is 5.60 Å². The van der Waals surface area contributed by atoms with Crippen LogP contribution in [0.25, 0.3) is 33.2 Å². The van der Waals surface area contributed by atoms with E-state index in [1.54, 1.807) is 23.8 Å². The molecule has 2 aliphatic rings. The Morgan fingerprint density at radius 1 is 1.22 bits per heavy atom. The third kappa shape index (κ3) is 2.24. The standard InChI is InChI=1S/C24H20N4O4/c1-3-24(31)16-7-19-21-14(9-28(19)22(29)15(16)10-32-23(24)30)11(2)20-13-6-12(25)8-26-17(13)4-5-18(20)27-21/h4-8,31H,3,9-10,25H2,1-2H3/t24-/m0/s1. The number of hydrogen-bond acceptors (Lipinski definition) is 7. The number of cyclic esters (lactones) is 1. The molecule has 32 heavy (non-hydrogen) atoms. The van der Waals surface area contributed by atoms with Crippen LogP contribution in [-0.4, -0.2) is 25.6 Å². The van der Waals surface area contributed by atoms with Crippen molar-refractivity contribution >= 4 is 33.5 Å². The lowest BCUT2D eigenvalue weighted by molar-refractivity contribution is -0.172. The maximum absolute atomic E-state index is 13.4. The number of benzene rings is 1. The number of aryl methyl sites for hydroxylation is 1. The maximum Gasteiger partial charge on any atom is 0.343 e. The molecule has 3 N–H and O–H groups in total. The van der Waals surface area contributed by atoms with Crippen molar-refractivity contribution in [3.63, 3.8) is 0 Å². The van der Waals surface area contributed by atoms with Gasteiger partial charge >= 0.3 is 5.97 Å². The van der Waals surface area contributed by atoms with Crippen LogP contribution in [0.2, 0.25) is 0 Å². The van der Waals surface area contributed by atoms with Gasteiger partial charge in [0.25, 0.3) is 5.56 Å². The van der Waals surface area contributed by atoms with E-state index in [1.165, 1.54) is 0 Å². The first-order valence-electron chi connectivity index (χ1n) is 10.5. The highest BCUT2D eigenvalue weighted by atomic mass is 16.6. The lowest BCUT2D eigenvalue weighted by Gasteiger charge is -2.31. The van der Waals surface area contributed by atoms with Crippen LogP contribution in [0.4, 0.5) is 5.69 Å². The van der Waals surface area contributed by atoms with E-state index >= 15 is 0 Å². The van der Waals surface area contributed by atoms with Crippen LogP contribution >= 0.6 is 0 Å². The van der Waals surface area contributed by atoms with Gasteiger partial charge in [0.2, 0.25) is 0 Å². The molecule has 0 bridgehead atoms. The molecule has 1 atom stereocenters. The zero-order valence-corrected chi connectivity index (χ0v) is 17.6. The summed E-state index contributed by atoms with van der Waals surface area (Å²) in [5, 5.41) is 12.9. The summed E-state index contributed by atoms with van der Waals surface area (Å²) in [6.07, 6.45) is 1.74. The number of anilines is 1. The third-order valence-electron chi connectivity index (χ3n) is 6.81. The first-order valence-corrected chi connectivity index (χ1v) is 10.5. The van der Waals surface area contributed by atoms with Gasteiger partial charge in [-0.2, -0.15) is 0 Å². The molecule has 0 radical (unpaired) electrons. The maximum atomic E-state index is 13.4. The Balaban J connectivity index is 1.67. The normalized spacial score (nSPS) is 19.0. The number of pyridine rings is 3. The summed E-state index contributed by atoms with van der Waals surface area (Å²) in [6, 6.07) is 7.43. The predicted octanol–water partition coefficient (Wildman–Crippen LogP) is 2.52. The van der Waals surface area contributed by atoms with Gasteiger partial charge < -0.3 is 20.1 Å². The molecule has 0 aliphatic carbocycles. The van der Waals surface area contributed by atoms with Crippen molar-refractivity contribution in [3.8, 4) is 11.4 Å². The first kappa shape index (κ1) is 18.9. The molecule has 2 aliphatic heterocycles. The molecular weight excluding hydrogens is 408 g/mol. The van der Waals surface area contributed by atoms with Crippen molar-refractivity contribution in [1.29, 1.82) is 0 Å². The number of aromatic nitrogens is 3. The average Bonchev–Trinajstić information content (AvgIpc) is 3.16. The Morgan fingerprint density at radius 3 is 2.78 bits per heavy atom. The van der Waals surface area contributed by atoms with Crippen molar-refractivity contribution < 1.29 is 14.6 Å². The van der Waals surface area contributed by atoms with Crippen molar-refractivity contribution in [2.75, 3.05) is 5.73 Å². The van der Waals surface area contributed by atoms with E-state index in [-0.39, 0.29) is 18.6 Å². The fraction of sp³-hybridized carbons (Fsp3) is 0.250. The largest absolute Gasteiger partial charge is 0.458 e. The quantitative estimate of drug-likeness (QED) is 0.311. The molecule has 0 amide bonds. The molecule has 8 nitrogen and oxygen atoms in total. The number of esters is 1. The Bertz CT molecular complexity index is 1570. The van der Waals surface area contributed by atoms with Gasteiger partial charge in [-0.1, -0.05) is 6.92 Å². The number of nitrogen functional groups attached to an aromatic ring is 1. The molecule has 1 aromatic carbocycles. The molecule has 0 saturated carbocycles. The second-order valence-corrected chi connectivity index (χ2v) is 8.46. The van der Waals surface area contributed by atoms with Gasteiger partial charge in [-0.15, -0.1) is 0 Å². The van der Waals surface area contributed by atoms with Gasteiger partial charge in [-0.25, -0.2) is 9.78 Å². The van der Waals surface area contributed by atoms with Gasteiger partial charge in [-0.3, -0.25) is 9.78 Å². The smallest absolute Gasteiger partial charge is 0.343 e. The van der Waals surface area contributed by atoms with Gasteiger partial charge in [0.1, 0.15) is 6.61 Å². The van der Waals surface area contributed by atoms with Crippen LogP contribution in [0.1, 0.15) is 35.6 Å². The Morgan fingerprint density at radius 2 is 2.00 bits per heavy atom. The van der Waals surface area contributed by atoms with Crippen molar-refractivity contribution in [3.05, 3.63) is 63.1 Å². The molecule has 3 aromatic heterocycles. The van der Waals surface area contributed by atoms with Crippen LogP contribution in [0.15, 0.2) is 35.3 Å². The number of ether oxygens (including phenoxy) is 1. The first-order chi connectivity index (χ1) is 15.3.